The monoisotopic (exact) mass is 330 g/mol. The molecule has 5 heteroatoms. The van der Waals surface area contributed by atoms with Crippen molar-refractivity contribution < 1.29 is 0 Å². The van der Waals surface area contributed by atoms with Gasteiger partial charge in [-0.2, -0.15) is 5.10 Å². The van der Waals surface area contributed by atoms with E-state index in [1.165, 1.54) is 37.9 Å². The summed E-state index contributed by atoms with van der Waals surface area (Å²) in [7, 11) is 0. The Labute approximate surface area is 142 Å². The molecule has 1 aromatic carbocycles. The standard InChI is InChI=1S/C18H23ClN4/c19-16-3-1-14(2-4-16)18-15(11-21-22-18)10-20-9-13-7-8-23(12-13)17-5-6-17/h1-4,11,13,17,20H,5-10,12H2,(H,21,22)/t13-/m1/s1. The van der Waals surface area contributed by atoms with E-state index in [0.717, 1.165) is 41.3 Å². The van der Waals surface area contributed by atoms with Crippen molar-refractivity contribution in [3.63, 3.8) is 0 Å². The van der Waals surface area contributed by atoms with Crippen LogP contribution in [0.5, 0.6) is 0 Å². The molecule has 2 N–H and O–H groups in total. The summed E-state index contributed by atoms with van der Waals surface area (Å²) in [6, 6.07) is 8.80. The molecule has 2 aromatic rings. The summed E-state index contributed by atoms with van der Waals surface area (Å²) in [6.45, 7) is 4.51. The Balaban J connectivity index is 1.31. The molecule has 2 aliphatic rings. The predicted octanol–water partition coefficient (Wildman–Crippen LogP) is 3.30. The SMILES string of the molecule is Clc1ccc(-c2[nH]ncc2CNC[C@H]2CCN(C3CC3)C2)cc1. The number of benzene rings is 1. The van der Waals surface area contributed by atoms with E-state index in [2.05, 4.69) is 20.4 Å². The average molecular weight is 331 g/mol. The Morgan fingerprint density at radius 3 is 2.83 bits per heavy atom. The smallest absolute Gasteiger partial charge is 0.0695 e. The molecule has 23 heavy (non-hydrogen) atoms. The van der Waals surface area contributed by atoms with E-state index >= 15 is 0 Å². The summed E-state index contributed by atoms with van der Waals surface area (Å²) < 4.78 is 0. The van der Waals surface area contributed by atoms with E-state index in [4.69, 9.17) is 11.6 Å². The number of aromatic nitrogens is 2. The van der Waals surface area contributed by atoms with Crippen LogP contribution in [0.15, 0.2) is 30.5 Å². The Morgan fingerprint density at radius 1 is 1.22 bits per heavy atom. The van der Waals surface area contributed by atoms with Crippen molar-refractivity contribution in [1.82, 2.24) is 20.4 Å². The maximum atomic E-state index is 5.97. The first-order chi connectivity index (χ1) is 11.3. The van der Waals surface area contributed by atoms with Gasteiger partial charge in [-0.05, 0) is 56.0 Å². The molecule has 0 spiro atoms. The van der Waals surface area contributed by atoms with Gasteiger partial charge in [-0.3, -0.25) is 5.10 Å². The normalized spacial score (nSPS) is 21.9. The fourth-order valence-electron chi connectivity index (χ4n) is 3.52. The lowest BCUT2D eigenvalue weighted by Gasteiger charge is -2.15. The van der Waals surface area contributed by atoms with Gasteiger partial charge in [0.15, 0.2) is 0 Å². The summed E-state index contributed by atoms with van der Waals surface area (Å²) in [5.74, 6) is 0.793. The first-order valence-corrected chi connectivity index (χ1v) is 8.90. The van der Waals surface area contributed by atoms with Crippen LogP contribution in [0.1, 0.15) is 24.8 Å². The van der Waals surface area contributed by atoms with Crippen molar-refractivity contribution in [1.29, 1.82) is 0 Å². The third-order valence-corrected chi connectivity index (χ3v) is 5.23. The molecule has 0 amide bonds. The average Bonchev–Trinajstić information content (AvgIpc) is 3.12. The number of H-pyrrole nitrogens is 1. The van der Waals surface area contributed by atoms with Crippen LogP contribution in [0.25, 0.3) is 11.3 Å². The van der Waals surface area contributed by atoms with Crippen LogP contribution in [0.2, 0.25) is 5.02 Å². The van der Waals surface area contributed by atoms with Gasteiger partial charge in [0.2, 0.25) is 0 Å². The molecule has 2 heterocycles. The van der Waals surface area contributed by atoms with Crippen LogP contribution in [0.4, 0.5) is 0 Å². The Kier molecular flexibility index (Phi) is 4.38. The molecule has 1 aliphatic heterocycles. The number of nitrogens with zero attached hydrogens (tertiary/aromatic N) is 2. The second-order valence-electron chi connectivity index (χ2n) is 6.79. The van der Waals surface area contributed by atoms with E-state index in [0.29, 0.717) is 0 Å². The summed E-state index contributed by atoms with van der Waals surface area (Å²) in [5.41, 5.74) is 3.43. The highest BCUT2D eigenvalue weighted by Crippen LogP contribution is 2.31. The van der Waals surface area contributed by atoms with Gasteiger partial charge in [0.25, 0.3) is 0 Å². The van der Waals surface area contributed by atoms with Crippen molar-refractivity contribution >= 4 is 11.6 Å². The van der Waals surface area contributed by atoms with Crippen molar-refractivity contribution in [2.45, 2.75) is 31.8 Å². The first kappa shape index (κ1) is 15.2. The summed E-state index contributed by atoms with van der Waals surface area (Å²) in [5, 5.41) is 11.7. The van der Waals surface area contributed by atoms with Crippen LogP contribution in [-0.4, -0.2) is 40.8 Å². The maximum absolute atomic E-state index is 5.97. The molecule has 122 valence electrons. The molecule has 0 unspecified atom stereocenters. The minimum absolute atomic E-state index is 0.759. The molecule has 2 fully saturated rings. The van der Waals surface area contributed by atoms with Crippen LogP contribution in [0.3, 0.4) is 0 Å². The first-order valence-electron chi connectivity index (χ1n) is 8.52. The Hall–Kier alpha value is -1.36. The number of hydrogen-bond donors (Lipinski definition) is 2. The third kappa shape index (κ3) is 3.60. The molecule has 1 saturated carbocycles. The van der Waals surface area contributed by atoms with Gasteiger partial charge >= 0.3 is 0 Å². The second-order valence-corrected chi connectivity index (χ2v) is 7.23. The van der Waals surface area contributed by atoms with E-state index in [9.17, 15) is 0 Å². The van der Waals surface area contributed by atoms with E-state index in [1.807, 2.05) is 30.5 Å². The largest absolute Gasteiger partial charge is 0.312 e. The highest BCUT2D eigenvalue weighted by molar-refractivity contribution is 6.30. The molecule has 0 radical (unpaired) electrons. The Morgan fingerprint density at radius 2 is 2.04 bits per heavy atom. The molecule has 1 atom stereocenters. The number of rotatable bonds is 6. The quantitative estimate of drug-likeness (QED) is 0.854. The number of halogens is 1. The van der Waals surface area contributed by atoms with Crippen molar-refractivity contribution in [3.05, 3.63) is 41.0 Å². The lowest BCUT2D eigenvalue weighted by molar-refractivity contribution is 0.312. The zero-order chi connectivity index (χ0) is 15.6. The van der Waals surface area contributed by atoms with Crippen LogP contribution < -0.4 is 5.32 Å². The molecule has 1 saturated heterocycles. The predicted molar refractivity (Wildman–Crippen MR) is 93.4 cm³/mol. The molecule has 0 bridgehead atoms. The van der Waals surface area contributed by atoms with Crippen LogP contribution >= 0.6 is 11.6 Å². The summed E-state index contributed by atoms with van der Waals surface area (Å²) in [4.78, 5) is 2.67. The lowest BCUT2D eigenvalue weighted by atomic mass is 10.1. The number of likely N-dealkylation sites (tertiary alicyclic amines) is 1. The minimum atomic E-state index is 0.759. The highest BCUT2D eigenvalue weighted by Gasteiger charge is 2.33. The van der Waals surface area contributed by atoms with Crippen molar-refractivity contribution in [2.24, 2.45) is 5.92 Å². The van der Waals surface area contributed by atoms with Gasteiger partial charge in [0.05, 0.1) is 11.9 Å². The van der Waals surface area contributed by atoms with E-state index in [-0.39, 0.29) is 0 Å². The molecule has 4 nitrogen and oxygen atoms in total. The van der Waals surface area contributed by atoms with Gasteiger partial charge in [-0.25, -0.2) is 0 Å². The number of nitrogens with one attached hydrogen (secondary N) is 2. The fraction of sp³-hybridized carbons (Fsp3) is 0.500. The third-order valence-electron chi connectivity index (χ3n) is 4.98. The zero-order valence-corrected chi connectivity index (χ0v) is 14.0. The van der Waals surface area contributed by atoms with Crippen LogP contribution in [0, 0.1) is 5.92 Å². The molecule has 4 rings (SSSR count). The summed E-state index contributed by atoms with van der Waals surface area (Å²) >= 11 is 5.97. The van der Waals surface area contributed by atoms with Crippen molar-refractivity contribution in [2.75, 3.05) is 19.6 Å². The van der Waals surface area contributed by atoms with E-state index < -0.39 is 0 Å². The van der Waals surface area contributed by atoms with Crippen LogP contribution in [-0.2, 0) is 6.54 Å². The van der Waals surface area contributed by atoms with E-state index in [1.54, 1.807) is 0 Å². The molecule has 1 aliphatic carbocycles. The Bertz CT molecular complexity index is 647. The van der Waals surface area contributed by atoms with Gasteiger partial charge in [-0.1, -0.05) is 23.7 Å². The topological polar surface area (TPSA) is 44.0 Å². The minimum Gasteiger partial charge on any atom is -0.312 e. The molecule has 1 aromatic heterocycles. The maximum Gasteiger partial charge on any atom is 0.0695 e. The van der Waals surface area contributed by atoms with Gasteiger partial charge in [0.1, 0.15) is 0 Å². The highest BCUT2D eigenvalue weighted by atomic mass is 35.5. The van der Waals surface area contributed by atoms with Gasteiger partial charge < -0.3 is 10.2 Å². The molecular formula is C18H23ClN4. The zero-order valence-electron chi connectivity index (χ0n) is 13.3. The fourth-order valence-corrected chi connectivity index (χ4v) is 3.65. The summed E-state index contributed by atoms with van der Waals surface area (Å²) in [6.07, 6.45) is 6.08. The number of aromatic amines is 1. The molecular weight excluding hydrogens is 308 g/mol. The second kappa shape index (κ2) is 6.63. The van der Waals surface area contributed by atoms with Gasteiger partial charge in [0, 0.05) is 29.7 Å². The number of hydrogen-bond acceptors (Lipinski definition) is 3. The van der Waals surface area contributed by atoms with Crippen molar-refractivity contribution in [3.8, 4) is 11.3 Å². The van der Waals surface area contributed by atoms with Gasteiger partial charge in [-0.15, -0.1) is 0 Å². The lowest BCUT2D eigenvalue weighted by Crippen LogP contribution is -2.27.